The topological polar surface area (TPSA) is 98.2 Å². The number of carbonyl (C=O) groups is 2. The first-order chi connectivity index (χ1) is 21.7. The Kier molecular flexibility index (Phi) is 12.7. The van der Waals surface area contributed by atoms with Gasteiger partial charge in [-0.25, -0.2) is 5.43 Å². The van der Waals surface area contributed by atoms with Crippen molar-refractivity contribution >= 4 is 57.2 Å². The molecule has 2 N–H and O–H groups in total. The third-order valence-electron chi connectivity index (χ3n) is 6.45. The second-order valence-electron chi connectivity index (χ2n) is 9.87. The van der Waals surface area contributed by atoms with E-state index in [9.17, 15) is 9.59 Å². The van der Waals surface area contributed by atoms with Gasteiger partial charge in [-0.15, -0.1) is 0 Å². The maximum absolute atomic E-state index is 13.2. The van der Waals surface area contributed by atoms with E-state index >= 15 is 0 Å². The van der Waals surface area contributed by atoms with Crippen LogP contribution in [0.25, 0.3) is 0 Å². The predicted octanol–water partition coefficient (Wildman–Crippen LogP) is 7.38. The van der Waals surface area contributed by atoms with Gasteiger partial charge in [0, 0.05) is 15.9 Å². The van der Waals surface area contributed by atoms with E-state index in [2.05, 4.69) is 31.8 Å². The Balaban J connectivity index is 1.41. The zero-order valence-corrected chi connectivity index (χ0v) is 27.7. The fourth-order valence-electron chi connectivity index (χ4n) is 4.15. The van der Waals surface area contributed by atoms with Crippen molar-refractivity contribution in [1.82, 2.24) is 10.7 Å². The predicted molar refractivity (Wildman–Crippen MR) is 180 cm³/mol. The molecule has 2 amide bonds. The van der Waals surface area contributed by atoms with Crippen LogP contribution in [0.2, 0.25) is 10.0 Å². The standard InChI is InChI=1S/C34H32BrCl2N3O5/c1-3-43-32-18-25(11-15-31(32)44-21-24-9-12-26(35)13-10-24)20-38-40-34(42)29(17-23-7-5-4-6-8-23)39-33(41)22(2)45-30-16-14-27(36)19-28(30)37/h4-16,18-20,22,29H,3,17,21H2,1-2H3,(H,39,41)(H,40,42)/b38-20-/t22-,29-/m1/s1. The van der Waals surface area contributed by atoms with E-state index in [1.807, 2.05) is 61.5 Å². The van der Waals surface area contributed by atoms with Gasteiger partial charge in [0.25, 0.3) is 11.8 Å². The number of hydrogen-bond acceptors (Lipinski definition) is 6. The summed E-state index contributed by atoms with van der Waals surface area (Å²) in [7, 11) is 0. The van der Waals surface area contributed by atoms with E-state index in [1.54, 1.807) is 37.3 Å². The van der Waals surface area contributed by atoms with Gasteiger partial charge in [-0.2, -0.15) is 5.10 Å². The summed E-state index contributed by atoms with van der Waals surface area (Å²) in [6.45, 7) is 4.27. The van der Waals surface area contributed by atoms with Gasteiger partial charge in [-0.1, -0.05) is 81.6 Å². The molecule has 45 heavy (non-hydrogen) atoms. The molecular weight excluding hydrogens is 681 g/mol. The first kappa shape index (κ1) is 33.8. The van der Waals surface area contributed by atoms with E-state index < -0.39 is 24.0 Å². The minimum Gasteiger partial charge on any atom is -0.490 e. The summed E-state index contributed by atoms with van der Waals surface area (Å²) in [6.07, 6.45) is 0.787. The van der Waals surface area contributed by atoms with Crippen molar-refractivity contribution < 1.29 is 23.8 Å². The summed E-state index contributed by atoms with van der Waals surface area (Å²) in [5, 5.41) is 7.62. The number of hydrazone groups is 1. The number of nitrogens with one attached hydrogen (secondary N) is 2. The first-order valence-electron chi connectivity index (χ1n) is 14.1. The van der Waals surface area contributed by atoms with Gasteiger partial charge in [0.2, 0.25) is 0 Å². The number of halogens is 3. The third kappa shape index (κ3) is 10.5. The number of nitrogens with zero attached hydrogens (tertiary/aromatic N) is 1. The highest BCUT2D eigenvalue weighted by atomic mass is 79.9. The minimum atomic E-state index is -0.945. The molecular formula is C34H32BrCl2N3O5. The Bertz CT molecular complexity index is 1620. The van der Waals surface area contributed by atoms with Crippen molar-refractivity contribution in [3.8, 4) is 17.2 Å². The fraction of sp³-hybridized carbons (Fsp3) is 0.206. The molecule has 0 aliphatic heterocycles. The zero-order chi connectivity index (χ0) is 32.2. The van der Waals surface area contributed by atoms with E-state index in [1.165, 1.54) is 12.3 Å². The number of benzene rings is 4. The van der Waals surface area contributed by atoms with Crippen LogP contribution in [0, 0.1) is 0 Å². The number of hydrogen-bond donors (Lipinski definition) is 2. The van der Waals surface area contributed by atoms with Crippen LogP contribution in [0.4, 0.5) is 0 Å². The van der Waals surface area contributed by atoms with E-state index in [0.717, 1.165) is 15.6 Å². The molecule has 4 rings (SSSR count). The molecule has 0 spiro atoms. The second-order valence-corrected chi connectivity index (χ2v) is 11.6. The summed E-state index contributed by atoms with van der Waals surface area (Å²) in [6, 6.07) is 26.4. The molecule has 0 fully saturated rings. The molecule has 234 valence electrons. The van der Waals surface area contributed by atoms with Crippen LogP contribution in [-0.2, 0) is 22.6 Å². The highest BCUT2D eigenvalue weighted by molar-refractivity contribution is 9.10. The van der Waals surface area contributed by atoms with E-state index in [4.69, 9.17) is 37.4 Å². The molecule has 0 saturated carbocycles. The van der Waals surface area contributed by atoms with Gasteiger partial charge in [0.15, 0.2) is 17.6 Å². The van der Waals surface area contributed by atoms with Crippen molar-refractivity contribution in [2.75, 3.05) is 6.61 Å². The molecule has 0 heterocycles. The van der Waals surface area contributed by atoms with Gasteiger partial charge in [0.05, 0.1) is 17.8 Å². The Labute approximate surface area is 280 Å². The normalized spacial score (nSPS) is 12.3. The summed E-state index contributed by atoms with van der Waals surface area (Å²) < 4.78 is 18.5. The third-order valence-corrected chi connectivity index (χ3v) is 7.51. The Hall–Kier alpha value is -4.05. The molecule has 4 aromatic rings. The van der Waals surface area contributed by atoms with Crippen molar-refractivity contribution in [3.63, 3.8) is 0 Å². The van der Waals surface area contributed by atoms with Crippen molar-refractivity contribution in [1.29, 1.82) is 0 Å². The average Bonchev–Trinajstić information content (AvgIpc) is 3.03. The lowest BCUT2D eigenvalue weighted by Gasteiger charge is -2.21. The van der Waals surface area contributed by atoms with Crippen LogP contribution in [0.15, 0.2) is 101 Å². The van der Waals surface area contributed by atoms with Crippen molar-refractivity contribution in [3.05, 3.63) is 122 Å². The monoisotopic (exact) mass is 711 g/mol. The highest BCUT2D eigenvalue weighted by Gasteiger charge is 2.25. The Morgan fingerprint density at radius 2 is 1.60 bits per heavy atom. The lowest BCUT2D eigenvalue weighted by atomic mass is 10.1. The van der Waals surface area contributed by atoms with Crippen LogP contribution >= 0.6 is 39.1 Å². The number of ether oxygens (including phenoxy) is 3. The van der Waals surface area contributed by atoms with Crippen LogP contribution in [0.3, 0.4) is 0 Å². The summed E-state index contributed by atoms with van der Waals surface area (Å²) >= 11 is 15.6. The van der Waals surface area contributed by atoms with Gasteiger partial charge >= 0.3 is 0 Å². The second kappa shape index (κ2) is 16.9. The maximum Gasteiger partial charge on any atom is 0.262 e. The van der Waals surface area contributed by atoms with E-state index in [0.29, 0.717) is 41.0 Å². The molecule has 0 unspecified atom stereocenters. The minimum absolute atomic E-state index is 0.237. The Morgan fingerprint density at radius 3 is 2.31 bits per heavy atom. The molecule has 2 atom stereocenters. The molecule has 4 aromatic carbocycles. The first-order valence-corrected chi connectivity index (χ1v) is 15.7. The number of amides is 2. The fourth-order valence-corrected chi connectivity index (χ4v) is 4.86. The lowest BCUT2D eigenvalue weighted by molar-refractivity contribution is -0.132. The van der Waals surface area contributed by atoms with Crippen molar-refractivity contribution in [2.45, 2.75) is 39.0 Å². The molecule has 0 saturated heterocycles. The molecule has 0 radical (unpaired) electrons. The molecule has 8 nitrogen and oxygen atoms in total. The van der Waals surface area contributed by atoms with Crippen LogP contribution in [-0.4, -0.2) is 36.8 Å². The van der Waals surface area contributed by atoms with Crippen LogP contribution in [0.1, 0.15) is 30.5 Å². The summed E-state index contributed by atoms with van der Waals surface area (Å²) in [5.41, 5.74) is 5.09. The van der Waals surface area contributed by atoms with Crippen LogP contribution in [0.5, 0.6) is 17.2 Å². The maximum atomic E-state index is 13.2. The quantitative estimate of drug-likeness (QED) is 0.105. The highest BCUT2D eigenvalue weighted by Crippen LogP contribution is 2.30. The molecule has 0 aliphatic carbocycles. The zero-order valence-electron chi connectivity index (χ0n) is 24.6. The van der Waals surface area contributed by atoms with Gasteiger partial charge in [0.1, 0.15) is 18.4 Å². The Morgan fingerprint density at radius 1 is 0.867 bits per heavy atom. The smallest absolute Gasteiger partial charge is 0.262 e. The largest absolute Gasteiger partial charge is 0.490 e. The summed E-state index contributed by atoms with van der Waals surface area (Å²) in [5.74, 6) is 0.436. The molecule has 0 aliphatic rings. The van der Waals surface area contributed by atoms with Gasteiger partial charge < -0.3 is 19.5 Å². The lowest BCUT2D eigenvalue weighted by Crippen LogP contribution is -2.50. The van der Waals surface area contributed by atoms with E-state index in [-0.39, 0.29) is 11.4 Å². The van der Waals surface area contributed by atoms with Gasteiger partial charge in [-0.05, 0) is 79.1 Å². The van der Waals surface area contributed by atoms with Gasteiger partial charge in [-0.3, -0.25) is 9.59 Å². The molecule has 0 bridgehead atoms. The molecule has 11 heteroatoms. The van der Waals surface area contributed by atoms with Crippen LogP contribution < -0.4 is 25.0 Å². The molecule has 0 aromatic heterocycles. The number of rotatable bonds is 14. The summed E-state index contributed by atoms with van der Waals surface area (Å²) in [4.78, 5) is 26.3. The average molecular weight is 713 g/mol. The number of carbonyl (C=O) groups excluding carboxylic acids is 2. The SMILES string of the molecule is CCOc1cc(/C=N\NC(=O)[C@@H](Cc2ccccc2)NC(=O)[C@@H](C)Oc2ccc(Cl)cc2Cl)ccc1OCc1ccc(Br)cc1. The van der Waals surface area contributed by atoms with Crippen molar-refractivity contribution in [2.24, 2.45) is 5.10 Å².